The zero-order valence-corrected chi connectivity index (χ0v) is 17.7. The van der Waals surface area contributed by atoms with Gasteiger partial charge in [-0.15, -0.1) is 0 Å². The molecule has 6 heteroatoms. The first-order valence-corrected chi connectivity index (χ1v) is 13.8. The van der Waals surface area contributed by atoms with E-state index in [2.05, 4.69) is 30.8 Å². The van der Waals surface area contributed by atoms with Crippen molar-refractivity contribution >= 4 is 50.3 Å². The van der Waals surface area contributed by atoms with Gasteiger partial charge in [0.25, 0.3) is 0 Å². The molecular weight excluding hydrogens is 411 g/mol. The van der Waals surface area contributed by atoms with Gasteiger partial charge in [0.2, 0.25) is 0 Å². The summed E-state index contributed by atoms with van der Waals surface area (Å²) in [6, 6.07) is 27.9. The Bertz CT molecular complexity index is 958. The van der Waals surface area contributed by atoms with Crippen molar-refractivity contribution in [3.05, 3.63) is 97.6 Å². The van der Waals surface area contributed by atoms with E-state index in [1.54, 1.807) is 34.9 Å². The molecule has 0 amide bonds. The molecule has 1 unspecified atom stereocenters. The van der Waals surface area contributed by atoms with Gasteiger partial charge in [0.05, 0.1) is 4.44 Å². The molecule has 136 valence electrons. The third-order valence-corrected chi connectivity index (χ3v) is 13.1. The van der Waals surface area contributed by atoms with Crippen LogP contribution in [0, 0.1) is 0 Å². The fourth-order valence-corrected chi connectivity index (χ4v) is 11.8. The molecule has 3 rings (SSSR count). The molecule has 0 aliphatic heterocycles. The first-order chi connectivity index (χ1) is 13.1. The number of rotatable bonds is 7. The van der Waals surface area contributed by atoms with Gasteiger partial charge in [0, 0.05) is 21.2 Å². The van der Waals surface area contributed by atoms with Gasteiger partial charge in [-0.2, -0.15) is 0 Å². The van der Waals surface area contributed by atoms with E-state index in [1.807, 2.05) is 48.5 Å². The van der Waals surface area contributed by atoms with Crippen LogP contribution in [0.4, 0.5) is 0 Å². The fraction of sp³-hybridized carbons (Fsp3) is 0. The van der Waals surface area contributed by atoms with E-state index in [0.717, 1.165) is 15.9 Å². The molecule has 0 aromatic heterocycles. The van der Waals surface area contributed by atoms with E-state index in [4.69, 9.17) is 16.5 Å². The van der Waals surface area contributed by atoms with Crippen molar-refractivity contribution in [2.45, 2.75) is 9.79 Å². The standard InChI is InChI=1S/C21H17O2PS3/c1-2-21(22)23-17-13-15-20(16-14-17)27-24(25,18-9-5-3-6-10-18)26-19-11-7-4-8-12-19/h2-16H,1H2. The van der Waals surface area contributed by atoms with Crippen molar-refractivity contribution in [1.29, 1.82) is 0 Å². The van der Waals surface area contributed by atoms with Gasteiger partial charge >= 0.3 is 5.97 Å². The quantitative estimate of drug-likeness (QED) is 0.190. The molecule has 0 N–H and O–H groups in total. The average molecular weight is 429 g/mol. The Balaban J connectivity index is 1.86. The van der Waals surface area contributed by atoms with Crippen molar-refractivity contribution < 1.29 is 9.53 Å². The van der Waals surface area contributed by atoms with Crippen molar-refractivity contribution in [3.8, 4) is 5.75 Å². The number of benzene rings is 3. The summed E-state index contributed by atoms with van der Waals surface area (Å²) in [5, 5.41) is 1.17. The van der Waals surface area contributed by atoms with Gasteiger partial charge < -0.3 is 4.74 Å². The van der Waals surface area contributed by atoms with E-state index in [9.17, 15) is 4.79 Å². The monoisotopic (exact) mass is 428 g/mol. The summed E-state index contributed by atoms with van der Waals surface area (Å²) < 4.78 is 3.12. The molecular formula is C21H17O2PS3. The average Bonchev–Trinajstić information content (AvgIpc) is 2.71. The van der Waals surface area contributed by atoms with Crippen LogP contribution in [0.1, 0.15) is 0 Å². The summed E-state index contributed by atoms with van der Waals surface area (Å²) in [6.07, 6.45) is 1.15. The second-order valence-electron chi connectivity index (χ2n) is 5.43. The zero-order valence-electron chi connectivity index (χ0n) is 14.4. The van der Waals surface area contributed by atoms with Gasteiger partial charge in [0.15, 0.2) is 0 Å². The summed E-state index contributed by atoms with van der Waals surface area (Å²) >= 11 is 9.64. The highest BCUT2D eigenvalue weighted by atomic mass is 33.2. The number of carbonyl (C=O) groups excluding carboxylic acids is 1. The first kappa shape index (κ1) is 20.0. The van der Waals surface area contributed by atoms with Crippen LogP contribution in [0.15, 0.2) is 107 Å². The molecule has 3 aromatic carbocycles. The highest BCUT2D eigenvalue weighted by molar-refractivity contribution is 9.02. The molecule has 0 aliphatic rings. The van der Waals surface area contributed by atoms with Crippen LogP contribution in [0.2, 0.25) is 0 Å². The van der Waals surface area contributed by atoms with Crippen molar-refractivity contribution in [2.75, 3.05) is 0 Å². The smallest absolute Gasteiger partial charge is 0.335 e. The predicted octanol–water partition coefficient (Wildman–Crippen LogP) is 6.30. The Morgan fingerprint density at radius 3 is 1.93 bits per heavy atom. The van der Waals surface area contributed by atoms with Crippen molar-refractivity contribution in [3.63, 3.8) is 0 Å². The van der Waals surface area contributed by atoms with Gasteiger partial charge in [-0.3, -0.25) is 0 Å². The van der Waals surface area contributed by atoms with Crippen LogP contribution in [-0.2, 0) is 16.6 Å². The maximum atomic E-state index is 11.3. The minimum absolute atomic E-state index is 0.468. The molecule has 27 heavy (non-hydrogen) atoms. The Kier molecular flexibility index (Phi) is 6.97. The summed E-state index contributed by atoms with van der Waals surface area (Å²) in [5.74, 6) is 0.0254. The van der Waals surface area contributed by atoms with Crippen LogP contribution in [0.25, 0.3) is 0 Å². The Hall–Kier alpha value is -1.78. The second kappa shape index (κ2) is 9.43. The number of esters is 1. The molecule has 0 bridgehead atoms. The van der Waals surface area contributed by atoms with Gasteiger partial charge in [-0.25, -0.2) is 4.79 Å². The molecule has 0 fully saturated rings. The van der Waals surface area contributed by atoms with Gasteiger partial charge in [0.1, 0.15) is 5.75 Å². The van der Waals surface area contributed by atoms with E-state index >= 15 is 0 Å². The van der Waals surface area contributed by atoms with Gasteiger partial charge in [-0.05, 0) is 36.4 Å². The third kappa shape index (κ3) is 5.60. The van der Waals surface area contributed by atoms with Crippen molar-refractivity contribution in [2.24, 2.45) is 0 Å². The molecule has 0 saturated carbocycles. The number of hydrogen-bond donors (Lipinski definition) is 0. The highest BCUT2D eigenvalue weighted by Crippen LogP contribution is 2.72. The number of carbonyl (C=O) groups is 1. The first-order valence-electron chi connectivity index (χ1n) is 8.13. The molecule has 0 saturated heterocycles. The Labute approximate surface area is 172 Å². The third-order valence-electron chi connectivity index (χ3n) is 3.48. The second-order valence-corrected chi connectivity index (χ2v) is 16.3. The molecule has 0 heterocycles. The lowest BCUT2D eigenvalue weighted by atomic mass is 10.3. The summed E-state index contributed by atoms with van der Waals surface area (Å²) in [7, 11) is 0. The lowest BCUT2D eigenvalue weighted by Gasteiger charge is -2.21. The fourth-order valence-electron chi connectivity index (χ4n) is 2.22. The SMILES string of the molecule is C=CC(=O)Oc1ccc(SP(=S)(Sc2ccccc2)c2ccccc2)cc1. The maximum absolute atomic E-state index is 11.3. The summed E-state index contributed by atoms with van der Waals surface area (Å²) in [6.45, 7) is 3.41. The van der Waals surface area contributed by atoms with Crippen LogP contribution >= 0.6 is 27.2 Å². The normalized spacial score (nSPS) is 12.7. The van der Waals surface area contributed by atoms with E-state index < -0.39 is 10.4 Å². The van der Waals surface area contributed by atoms with Crippen molar-refractivity contribution in [1.82, 2.24) is 0 Å². The summed E-state index contributed by atoms with van der Waals surface area (Å²) in [5.41, 5.74) is 0. The van der Waals surface area contributed by atoms with Crippen LogP contribution in [0.5, 0.6) is 5.75 Å². The highest BCUT2D eigenvalue weighted by Gasteiger charge is 2.23. The molecule has 3 aromatic rings. The molecule has 1 atom stereocenters. The van der Waals surface area contributed by atoms with E-state index in [0.29, 0.717) is 5.75 Å². The Morgan fingerprint density at radius 1 is 0.852 bits per heavy atom. The zero-order chi connectivity index (χ0) is 19.1. The van der Waals surface area contributed by atoms with Gasteiger partial charge in [-0.1, -0.05) is 89.7 Å². The minimum atomic E-state index is -2.02. The lowest BCUT2D eigenvalue weighted by molar-refractivity contribution is -0.128. The van der Waals surface area contributed by atoms with E-state index in [-0.39, 0.29) is 0 Å². The number of ether oxygens (including phenoxy) is 1. The lowest BCUT2D eigenvalue weighted by Crippen LogP contribution is -2.02. The molecule has 0 spiro atoms. The van der Waals surface area contributed by atoms with Crippen LogP contribution in [-0.4, -0.2) is 5.97 Å². The maximum Gasteiger partial charge on any atom is 0.335 e. The predicted molar refractivity (Wildman–Crippen MR) is 121 cm³/mol. The van der Waals surface area contributed by atoms with E-state index in [1.165, 1.54) is 5.30 Å². The Morgan fingerprint density at radius 2 is 1.37 bits per heavy atom. The summed E-state index contributed by atoms with van der Waals surface area (Å²) in [4.78, 5) is 13.5. The largest absolute Gasteiger partial charge is 0.423 e. The number of hydrogen-bond acceptors (Lipinski definition) is 5. The minimum Gasteiger partial charge on any atom is -0.423 e. The van der Waals surface area contributed by atoms with Crippen LogP contribution in [0.3, 0.4) is 0 Å². The molecule has 0 radical (unpaired) electrons. The molecule has 0 aliphatic carbocycles. The molecule has 2 nitrogen and oxygen atoms in total. The topological polar surface area (TPSA) is 26.3 Å². The van der Waals surface area contributed by atoms with Crippen LogP contribution < -0.4 is 10.0 Å².